The van der Waals surface area contributed by atoms with Gasteiger partial charge < -0.3 is 9.84 Å². The number of aromatic amines is 1. The minimum Gasteiger partial charge on any atom is -0.388 e. The molecule has 6 aromatic rings. The first kappa shape index (κ1) is 28.9. The molecule has 11 nitrogen and oxygen atoms in total. The summed E-state index contributed by atoms with van der Waals surface area (Å²) in [7, 11) is 3.77. The quantitative estimate of drug-likeness (QED) is 0.284. The number of carbonyl (C=O) groups is 1. The van der Waals surface area contributed by atoms with Crippen molar-refractivity contribution >= 4 is 31.1 Å². The van der Waals surface area contributed by atoms with E-state index in [1.807, 2.05) is 83.7 Å². The number of carbonyl (C=O) groups excluding carboxylic acids is 1. The fourth-order valence-electron chi connectivity index (χ4n) is 3.67. The van der Waals surface area contributed by atoms with Gasteiger partial charge in [0.05, 0.1) is 23.7 Å². The molecule has 0 bridgehead atoms. The van der Waals surface area contributed by atoms with Gasteiger partial charge >= 0.3 is 0 Å². The minimum atomic E-state index is 0. The van der Waals surface area contributed by atoms with E-state index in [2.05, 4.69) is 35.7 Å². The van der Waals surface area contributed by atoms with Gasteiger partial charge in [-0.15, -0.1) is 0 Å². The van der Waals surface area contributed by atoms with Crippen LogP contribution in [0, 0.1) is 6.92 Å². The van der Waals surface area contributed by atoms with Gasteiger partial charge in [0, 0.05) is 49.5 Å². The molecule has 6 rings (SSSR count). The SMILES string of the molecule is CC.CNc1cc(-c2noc(-c3cn[nH]c3)n2)ccc1C.Cn1ccc(-c2ccn3c(C=O)cnc3c2)n1.S. The van der Waals surface area contributed by atoms with E-state index in [0.29, 0.717) is 17.4 Å². The summed E-state index contributed by atoms with van der Waals surface area (Å²) in [5.74, 6) is 1.02. The molecule has 5 heterocycles. The fourth-order valence-corrected chi connectivity index (χ4v) is 3.67. The number of H-pyrrole nitrogens is 1. The Morgan fingerprint density at radius 3 is 2.51 bits per heavy atom. The number of pyridine rings is 1. The zero-order chi connectivity index (χ0) is 27.1. The van der Waals surface area contributed by atoms with E-state index < -0.39 is 0 Å². The number of nitrogens with zero attached hydrogens (tertiary/aromatic N) is 7. The number of anilines is 1. The van der Waals surface area contributed by atoms with Gasteiger partial charge in [0.2, 0.25) is 5.82 Å². The van der Waals surface area contributed by atoms with Gasteiger partial charge in [0.25, 0.3) is 5.89 Å². The summed E-state index contributed by atoms with van der Waals surface area (Å²) in [5, 5.41) is 18.0. The van der Waals surface area contributed by atoms with Crippen molar-refractivity contribution in [1.82, 2.24) is 39.5 Å². The van der Waals surface area contributed by atoms with Crippen LogP contribution in [-0.4, -0.2) is 52.8 Å². The molecule has 12 heteroatoms. The lowest BCUT2D eigenvalue weighted by molar-refractivity contribution is 0.111. The van der Waals surface area contributed by atoms with Crippen molar-refractivity contribution in [1.29, 1.82) is 0 Å². The van der Waals surface area contributed by atoms with Crippen LogP contribution < -0.4 is 5.32 Å². The van der Waals surface area contributed by atoms with Crippen molar-refractivity contribution in [2.24, 2.45) is 7.05 Å². The average molecular weight is 546 g/mol. The maximum atomic E-state index is 10.8. The van der Waals surface area contributed by atoms with Crippen LogP contribution >= 0.6 is 13.5 Å². The standard InChI is InChI=1S/C13H13N5O.C12H10N4O.C2H6.H2S/c1-8-3-4-9(5-11(8)14-2)12-17-13(19-18-12)10-6-15-16-7-10;1-15-4-3-11(14-15)9-2-5-16-10(8-17)7-13-12(16)6-9;1-2;/h3-7,14H,1-2H3,(H,15,16);2-8H,1H3;1-2H3;1H2. The fraction of sp³-hybridized carbons (Fsp3) is 0.185. The molecule has 39 heavy (non-hydrogen) atoms. The molecule has 0 saturated carbocycles. The average Bonchev–Trinajstić information content (AvgIpc) is 3.77. The highest BCUT2D eigenvalue weighted by molar-refractivity contribution is 7.59. The third kappa shape index (κ3) is 6.41. The van der Waals surface area contributed by atoms with Crippen LogP contribution in [0.4, 0.5) is 5.69 Å². The van der Waals surface area contributed by atoms with E-state index in [1.165, 1.54) is 5.56 Å². The third-order valence-corrected chi connectivity index (χ3v) is 5.61. The summed E-state index contributed by atoms with van der Waals surface area (Å²) in [6, 6.07) is 11.8. The van der Waals surface area contributed by atoms with Crippen LogP contribution in [0.25, 0.3) is 39.7 Å². The zero-order valence-corrected chi connectivity index (χ0v) is 23.4. The molecule has 0 spiro atoms. The van der Waals surface area contributed by atoms with Crippen molar-refractivity contribution < 1.29 is 9.32 Å². The predicted molar refractivity (Wildman–Crippen MR) is 156 cm³/mol. The van der Waals surface area contributed by atoms with Gasteiger partial charge in [-0.2, -0.15) is 28.7 Å². The van der Waals surface area contributed by atoms with E-state index in [1.54, 1.807) is 27.7 Å². The number of aryl methyl sites for hydroxylation is 2. The predicted octanol–water partition coefficient (Wildman–Crippen LogP) is 5.16. The van der Waals surface area contributed by atoms with Gasteiger partial charge in [-0.1, -0.05) is 31.1 Å². The van der Waals surface area contributed by atoms with Gasteiger partial charge in [0.15, 0.2) is 6.29 Å². The summed E-state index contributed by atoms with van der Waals surface area (Å²) in [6.45, 7) is 6.04. The number of hydrogen-bond donors (Lipinski definition) is 2. The van der Waals surface area contributed by atoms with Gasteiger partial charge in [-0.05, 0) is 36.8 Å². The van der Waals surface area contributed by atoms with Gasteiger partial charge in [-0.25, -0.2) is 4.98 Å². The second kappa shape index (κ2) is 13.2. The first-order chi connectivity index (χ1) is 18.6. The minimum absolute atomic E-state index is 0. The Labute approximate surface area is 232 Å². The van der Waals surface area contributed by atoms with Crippen molar-refractivity contribution in [3.63, 3.8) is 0 Å². The van der Waals surface area contributed by atoms with E-state index >= 15 is 0 Å². The molecule has 0 aliphatic heterocycles. The van der Waals surface area contributed by atoms with E-state index in [0.717, 1.165) is 40.0 Å². The summed E-state index contributed by atoms with van der Waals surface area (Å²) in [4.78, 5) is 19.3. The molecule has 202 valence electrons. The smallest absolute Gasteiger partial charge is 0.261 e. The van der Waals surface area contributed by atoms with Gasteiger partial charge in [0.1, 0.15) is 11.3 Å². The molecule has 0 aliphatic rings. The largest absolute Gasteiger partial charge is 0.388 e. The van der Waals surface area contributed by atoms with Crippen molar-refractivity contribution in [2.75, 3.05) is 12.4 Å². The number of benzene rings is 1. The van der Waals surface area contributed by atoms with Crippen LogP contribution in [-0.2, 0) is 7.05 Å². The Morgan fingerprint density at radius 1 is 1.03 bits per heavy atom. The number of imidazole rings is 1. The summed E-state index contributed by atoms with van der Waals surface area (Å²) >= 11 is 0. The number of aromatic nitrogens is 8. The zero-order valence-electron chi connectivity index (χ0n) is 22.4. The van der Waals surface area contributed by atoms with Gasteiger partial charge in [-0.3, -0.25) is 19.0 Å². The molecule has 1 aromatic carbocycles. The lowest BCUT2D eigenvalue weighted by atomic mass is 10.1. The van der Waals surface area contributed by atoms with E-state index in [9.17, 15) is 4.79 Å². The van der Waals surface area contributed by atoms with Crippen molar-refractivity contribution in [2.45, 2.75) is 20.8 Å². The Morgan fingerprint density at radius 2 is 1.85 bits per heavy atom. The van der Waals surface area contributed by atoms with Crippen LogP contribution in [0.3, 0.4) is 0 Å². The first-order valence-electron chi connectivity index (χ1n) is 12.1. The molecule has 0 amide bonds. The Kier molecular flexibility index (Phi) is 9.76. The molecule has 2 N–H and O–H groups in total. The lowest BCUT2D eigenvalue weighted by Gasteiger charge is -2.05. The number of nitrogens with one attached hydrogen (secondary N) is 2. The molecular weight excluding hydrogens is 514 g/mol. The highest BCUT2D eigenvalue weighted by atomic mass is 32.1. The van der Waals surface area contributed by atoms with Crippen LogP contribution in [0.2, 0.25) is 0 Å². The highest BCUT2D eigenvalue weighted by Gasteiger charge is 2.12. The summed E-state index contributed by atoms with van der Waals surface area (Å²) in [6.07, 6.45) is 9.43. The third-order valence-electron chi connectivity index (χ3n) is 5.61. The molecule has 0 aliphatic carbocycles. The maximum absolute atomic E-state index is 10.8. The number of hydrogen-bond acceptors (Lipinski definition) is 8. The van der Waals surface area contributed by atoms with Crippen molar-refractivity contribution in [3.8, 4) is 34.1 Å². The summed E-state index contributed by atoms with van der Waals surface area (Å²) in [5.41, 5.74) is 7.08. The molecule has 5 aromatic heterocycles. The maximum Gasteiger partial charge on any atom is 0.261 e. The Balaban J connectivity index is 0.000000199. The van der Waals surface area contributed by atoms with Crippen LogP contribution in [0.5, 0.6) is 0 Å². The first-order valence-corrected chi connectivity index (χ1v) is 12.1. The lowest BCUT2D eigenvalue weighted by Crippen LogP contribution is -1.92. The van der Waals surface area contributed by atoms with Crippen LogP contribution in [0.15, 0.2) is 71.9 Å². The molecule has 0 radical (unpaired) electrons. The van der Waals surface area contributed by atoms with Crippen LogP contribution in [0.1, 0.15) is 29.9 Å². The number of rotatable bonds is 5. The number of aldehydes is 1. The second-order valence-electron chi connectivity index (χ2n) is 8.01. The van der Waals surface area contributed by atoms with Crippen molar-refractivity contribution in [3.05, 3.63) is 78.6 Å². The molecular formula is C27H31N9O2S. The second-order valence-corrected chi connectivity index (χ2v) is 8.01. The normalized spacial score (nSPS) is 10.1. The monoisotopic (exact) mass is 545 g/mol. The topological polar surface area (TPSA) is 132 Å². The Hall–Kier alpha value is -4.71. The highest BCUT2D eigenvalue weighted by Crippen LogP contribution is 2.25. The molecule has 0 fully saturated rings. The molecule has 0 atom stereocenters. The molecule has 0 saturated heterocycles. The van der Waals surface area contributed by atoms with E-state index in [4.69, 9.17) is 4.52 Å². The molecule has 0 unspecified atom stereocenters. The number of fused-ring (bicyclic) bond motifs is 1. The Bertz CT molecular complexity index is 1630. The van der Waals surface area contributed by atoms with E-state index in [-0.39, 0.29) is 13.5 Å². The summed E-state index contributed by atoms with van der Waals surface area (Å²) < 4.78 is 8.73.